The van der Waals surface area contributed by atoms with Gasteiger partial charge in [0.15, 0.2) is 0 Å². The number of nitrogens with zero attached hydrogens (tertiary/aromatic N) is 1. The van der Waals surface area contributed by atoms with E-state index >= 15 is 0 Å². The predicted octanol–water partition coefficient (Wildman–Crippen LogP) is 3.38. The lowest BCUT2D eigenvalue weighted by atomic mass is 10.0. The number of rotatable bonds is 7. The van der Waals surface area contributed by atoms with Crippen LogP contribution in [0.25, 0.3) is 0 Å². The summed E-state index contributed by atoms with van der Waals surface area (Å²) >= 11 is 0. The monoisotopic (exact) mass is 466 g/mol. The summed E-state index contributed by atoms with van der Waals surface area (Å²) < 4.78 is 10.8. The number of likely N-dealkylation sites (tertiary alicyclic amines) is 1. The second-order valence-electron chi connectivity index (χ2n) is 9.14. The highest BCUT2D eigenvalue weighted by Gasteiger charge is 2.42. The molecule has 1 aliphatic rings. The molecule has 2 atom stereocenters. The quantitative estimate of drug-likeness (QED) is 0.628. The Hall–Kier alpha value is -3.68. The zero-order valence-corrected chi connectivity index (χ0v) is 19.7. The Bertz CT molecular complexity index is 1020. The van der Waals surface area contributed by atoms with Crippen LogP contribution in [-0.4, -0.2) is 46.5 Å². The Kier molecular flexibility index (Phi) is 8.04. The van der Waals surface area contributed by atoms with E-state index in [0.29, 0.717) is 0 Å². The molecule has 1 saturated heterocycles. The van der Waals surface area contributed by atoms with Crippen molar-refractivity contribution < 1.29 is 28.7 Å². The summed E-state index contributed by atoms with van der Waals surface area (Å²) in [4.78, 5) is 51.9. The van der Waals surface area contributed by atoms with Crippen molar-refractivity contribution >= 4 is 23.9 Å². The fourth-order valence-electron chi connectivity index (χ4n) is 3.63. The predicted molar refractivity (Wildman–Crippen MR) is 124 cm³/mol. The first-order chi connectivity index (χ1) is 16.1. The molecule has 2 aromatic rings. The van der Waals surface area contributed by atoms with Crippen LogP contribution < -0.4 is 5.32 Å². The maximum Gasteiger partial charge on any atom is 0.417 e. The van der Waals surface area contributed by atoms with E-state index in [2.05, 4.69) is 5.32 Å². The number of benzene rings is 2. The third-order valence-electron chi connectivity index (χ3n) is 5.21. The standard InChI is InChI=1S/C26H30N2O6/c1-26(2,3)34-24(31)20(16-18-10-6-4-7-11-18)27-23(30)21-14-15-22(29)28(21)25(32)33-17-19-12-8-5-9-13-19/h4-13,20-21H,14-17H2,1-3H3,(H,27,30)/t20-,21-/m0/s1. The number of ether oxygens (including phenoxy) is 2. The molecule has 0 saturated carbocycles. The average molecular weight is 467 g/mol. The third kappa shape index (κ3) is 6.91. The number of hydrogen-bond acceptors (Lipinski definition) is 6. The highest BCUT2D eigenvalue weighted by atomic mass is 16.6. The Labute approximate surface area is 199 Å². The molecular weight excluding hydrogens is 436 g/mol. The zero-order chi connectivity index (χ0) is 24.7. The van der Waals surface area contributed by atoms with Gasteiger partial charge in [0, 0.05) is 12.8 Å². The van der Waals surface area contributed by atoms with Crippen LogP contribution in [-0.2, 0) is 36.9 Å². The van der Waals surface area contributed by atoms with Crippen LogP contribution in [0.1, 0.15) is 44.7 Å². The molecule has 34 heavy (non-hydrogen) atoms. The van der Waals surface area contributed by atoms with Crippen molar-refractivity contribution in [3.63, 3.8) is 0 Å². The lowest BCUT2D eigenvalue weighted by molar-refractivity contribution is -0.158. The normalized spacial score (nSPS) is 16.6. The summed E-state index contributed by atoms with van der Waals surface area (Å²) in [5.41, 5.74) is 0.851. The van der Waals surface area contributed by atoms with Gasteiger partial charge in [-0.05, 0) is 38.3 Å². The molecule has 1 aliphatic heterocycles. The molecule has 3 rings (SSSR count). The number of carbonyl (C=O) groups excluding carboxylic acids is 4. The molecule has 0 bridgehead atoms. The van der Waals surface area contributed by atoms with Crippen LogP contribution in [0.15, 0.2) is 60.7 Å². The van der Waals surface area contributed by atoms with E-state index in [1.807, 2.05) is 48.5 Å². The van der Waals surface area contributed by atoms with Gasteiger partial charge in [0.1, 0.15) is 24.3 Å². The molecule has 0 spiro atoms. The first kappa shape index (κ1) is 25.0. The molecule has 0 aliphatic carbocycles. The highest BCUT2D eigenvalue weighted by molar-refractivity contribution is 6.01. The first-order valence-corrected chi connectivity index (χ1v) is 11.2. The van der Waals surface area contributed by atoms with Crippen LogP contribution in [0.4, 0.5) is 4.79 Å². The summed E-state index contributed by atoms with van der Waals surface area (Å²) in [5.74, 6) is -1.68. The number of esters is 1. The molecule has 2 aromatic carbocycles. The van der Waals surface area contributed by atoms with Crippen LogP contribution in [0.2, 0.25) is 0 Å². The van der Waals surface area contributed by atoms with Gasteiger partial charge in [-0.1, -0.05) is 60.7 Å². The molecule has 0 unspecified atom stereocenters. The van der Waals surface area contributed by atoms with E-state index in [0.717, 1.165) is 16.0 Å². The van der Waals surface area contributed by atoms with E-state index in [1.54, 1.807) is 32.9 Å². The molecule has 8 nitrogen and oxygen atoms in total. The largest absolute Gasteiger partial charge is 0.458 e. The summed E-state index contributed by atoms with van der Waals surface area (Å²) in [6.07, 6.45) is -0.491. The van der Waals surface area contributed by atoms with E-state index in [4.69, 9.17) is 9.47 Å². The van der Waals surface area contributed by atoms with Gasteiger partial charge in [0.05, 0.1) is 0 Å². The van der Waals surface area contributed by atoms with Crippen molar-refractivity contribution in [1.29, 1.82) is 0 Å². The van der Waals surface area contributed by atoms with Crippen LogP contribution in [0, 0.1) is 0 Å². The molecule has 1 fully saturated rings. The second-order valence-corrected chi connectivity index (χ2v) is 9.14. The van der Waals surface area contributed by atoms with Crippen molar-refractivity contribution in [1.82, 2.24) is 10.2 Å². The first-order valence-electron chi connectivity index (χ1n) is 11.2. The third-order valence-corrected chi connectivity index (χ3v) is 5.21. The van der Waals surface area contributed by atoms with Gasteiger partial charge in [-0.15, -0.1) is 0 Å². The molecule has 3 amide bonds. The minimum absolute atomic E-state index is 0.0215. The molecular formula is C26H30N2O6. The highest BCUT2D eigenvalue weighted by Crippen LogP contribution is 2.21. The lowest BCUT2D eigenvalue weighted by Gasteiger charge is -2.27. The number of nitrogens with one attached hydrogen (secondary N) is 1. The van der Waals surface area contributed by atoms with Gasteiger partial charge in [0.2, 0.25) is 11.8 Å². The molecule has 0 radical (unpaired) electrons. The van der Waals surface area contributed by atoms with E-state index in [1.165, 1.54) is 0 Å². The van der Waals surface area contributed by atoms with Gasteiger partial charge >= 0.3 is 12.1 Å². The van der Waals surface area contributed by atoms with Crippen molar-refractivity contribution in [3.05, 3.63) is 71.8 Å². The van der Waals surface area contributed by atoms with Crippen LogP contribution in [0.3, 0.4) is 0 Å². The fourth-order valence-corrected chi connectivity index (χ4v) is 3.63. The molecule has 8 heteroatoms. The van der Waals surface area contributed by atoms with Crippen molar-refractivity contribution in [2.75, 3.05) is 0 Å². The summed E-state index contributed by atoms with van der Waals surface area (Å²) in [6.45, 7) is 5.21. The fraction of sp³-hybridized carbons (Fsp3) is 0.385. The topological polar surface area (TPSA) is 102 Å². The maximum atomic E-state index is 13.1. The Morgan fingerprint density at radius 2 is 1.59 bits per heavy atom. The van der Waals surface area contributed by atoms with Crippen molar-refractivity contribution in [2.24, 2.45) is 0 Å². The van der Waals surface area contributed by atoms with E-state index < -0.39 is 41.6 Å². The van der Waals surface area contributed by atoms with E-state index in [9.17, 15) is 19.2 Å². The van der Waals surface area contributed by atoms with Crippen molar-refractivity contribution in [2.45, 2.75) is 64.3 Å². The molecule has 0 aromatic heterocycles. The number of hydrogen-bond donors (Lipinski definition) is 1. The maximum absolute atomic E-state index is 13.1. The van der Waals surface area contributed by atoms with E-state index in [-0.39, 0.29) is 25.9 Å². The Balaban J connectivity index is 1.71. The number of imide groups is 1. The molecule has 1 heterocycles. The Morgan fingerprint density at radius 3 is 2.18 bits per heavy atom. The second kappa shape index (κ2) is 11.0. The van der Waals surface area contributed by atoms with Gasteiger partial charge in [-0.2, -0.15) is 0 Å². The van der Waals surface area contributed by atoms with Gasteiger partial charge in [0.25, 0.3) is 0 Å². The summed E-state index contributed by atoms with van der Waals surface area (Å²) in [6, 6.07) is 16.2. The minimum atomic E-state index is -1.06. The summed E-state index contributed by atoms with van der Waals surface area (Å²) in [5, 5.41) is 2.69. The number of carbonyl (C=O) groups is 4. The van der Waals surface area contributed by atoms with Crippen LogP contribution >= 0.6 is 0 Å². The van der Waals surface area contributed by atoms with Crippen LogP contribution in [0.5, 0.6) is 0 Å². The molecule has 180 valence electrons. The van der Waals surface area contributed by atoms with Crippen molar-refractivity contribution in [3.8, 4) is 0 Å². The zero-order valence-electron chi connectivity index (χ0n) is 19.7. The molecule has 1 N–H and O–H groups in total. The minimum Gasteiger partial charge on any atom is -0.458 e. The Morgan fingerprint density at radius 1 is 1.00 bits per heavy atom. The average Bonchev–Trinajstić information content (AvgIpc) is 3.19. The van der Waals surface area contributed by atoms with Gasteiger partial charge in [-0.25, -0.2) is 14.5 Å². The number of amides is 3. The lowest BCUT2D eigenvalue weighted by Crippen LogP contribution is -2.53. The summed E-state index contributed by atoms with van der Waals surface area (Å²) in [7, 11) is 0. The smallest absolute Gasteiger partial charge is 0.417 e. The van der Waals surface area contributed by atoms with Gasteiger partial charge < -0.3 is 14.8 Å². The SMILES string of the molecule is CC(C)(C)OC(=O)[C@H](Cc1ccccc1)NC(=O)[C@@H]1CCC(=O)N1C(=O)OCc1ccccc1. The van der Waals surface area contributed by atoms with Gasteiger partial charge in [-0.3, -0.25) is 9.59 Å².